The normalized spacial score (nSPS) is 17.1. The van der Waals surface area contributed by atoms with E-state index in [1.165, 1.54) is 12.1 Å². The van der Waals surface area contributed by atoms with Crippen LogP contribution >= 0.6 is 39.3 Å². The van der Waals surface area contributed by atoms with Crippen molar-refractivity contribution in [1.29, 1.82) is 0 Å². The Morgan fingerprint density at radius 1 is 1.45 bits per heavy atom. The SMILES string of the molecule is C=CCN1C(=O)SC(=Cc2cc(Cl)c(O)c(Br)c2)C1=O. The van der Waals surface area contributed by atoms with E-state index in [2.05, 4.69) is 22.5 Å². The van der Waals surface area contributed by atoms with Crippen molar-refractivity contribution in [2.24, 2.45) is 0 Å². The lowest BCUT2D eigenvalue weighted by atomic mass is 10.2. The van der Waals surface area contributed by atoms with Gasteiger partial charge in [-0.15, -0.1) is 6.58 Å². The smallest absolute Gasteiger partial charge is 0.293 e. The lowest BCUT2D eigenvalue weighted by Gasteiger charge is -2.07. The molecule has 104 valence electrons. The number of halogens is 2. The molecule has 1 aliphatic heterocycles. The maximum absolute atomic E-state index is 12.0. The van der Waals surface area contributed by atoms with E-state index in [-0.39, 0.29) is 28.5 Å². The third-order valence-corrected chi connectivity index (χ3v) is 4.32. The van der Waals surface area contributed by atoms with E-state index < -0.39 is 0 Å². The number of nitrogens with zero attached hydrogens (tertiary/aromatic N) is 1. The molecule has 2 amide bonds. The van der Waals surface area contributed by atoms with Crippen LogP contribution in [0.1, 0.15) is 5.56 Å². The second kappa shape index (κ2) is 6.03. The van der Waals surface area contributed by atoms with Crippen LogP contribution in [0.4, 0.5) is 4.79 Å². The molecule has 0 spiro atoms. The van der Waals surface area contributed by atoms with Gasteiger partial charge in [0.2, 0.25) is 0 Å². The molecule has 1 aliphatic rings. The molecular weight excluding hydrogens is 366 g/mol. The van der Waals surface area contributed by atoms with Gasteiger partial charge in [-0.3, -0.25) is 14.5 Å². The average Bonchev–Trinajstić information content (AvgIpc) is 2.64. The molecule has 2 rings (SSSR count). The molecular formula is C13H9BrClNO3S. The van der Waals surface area contributed by atoms with Crippen molar-refractivity contribution in [3.05, 3.63) is 44.8 Å². The topological polar surface area (TPSA) is 57.6 Å². The maximum Gasteiger partial charge on any atom is 0.293 e. The number of amides is 2. The molecule has 4 nitrogen and oxygen atoms in total. The Morgan fingerprint density at radius 2 is 2.15 bits per heavy atom. The summed E-state index contributed by atoms with van der Waals surface area (Å²) in [4.78, 5) is 25.1. The summed E-state index contributed by atoms with van der Waals surface area (Å²) in [5.41, 5.74) is 0.615. The number of hydrogen-bond donors (Lipinski definition) is 1. The number of carbonyl (C=O) groups excluding carboxylic acids is 2. The van der Waals surface area contributed by atoms with Crippen LogP contribution in [0.5, 0.6) is 5.75 Å². The zero-order valence-corrected chi connectivity index (χ0v) is 13.3. The zero-order chi connectivity index (χ0) is 14.9. The minimum absolute atomic E-state index is 0.0661. The fourth-order valence-electron chi connectivity index (χ4n) is 1.61. The molecule has 1 fully saturated rings. The monoisotopic (exact) mass is 373 g/mol. The van der Waals surface area contributed by atoms with Crippen molar-refractivity contribution in [2.75, 3.05) is 6.54 Å². The van der Waals surface area contributed by atoms with Crippen LogP contribution in [-0.2, 0) is 4.79 Å². The van der Waals surface area contributed by atoms with Gasteiger partial charge < -0.3 is 5.11 Å². The molecule has 7 heteroatoms. The first kappa shape index (κ1) is 15.2. The molecule has 0 saturated carbocycles. The molecule has 1 N–H and O–H groups in total. The quantitative estimate of drug-likeness (QED) is 0.641. The first-order valence-electron chi connectivity index (χ1n) is 5.48. The highest BCUT2D eigenvalue weighted by atomic mass is 79.9. The summed E-state index contributed by atoms with van der Waals surface area (Å²) in [6, 6.07) is 3.13. The minimum Gasteiger partial charge on any atom is -0.505 e. The lowest BCUT2D eigenvalue weighted by molar-refractivity contribution is -0.122. The van der Waals surface area contributed by atoms with Crippen LogP contribution in [-0.4, -0.2) is 27.7 Å². The van der Waals surface area contributed by atoms with E-state index in [4.69, 9.17) is 11.6 Å². The second-order valence-corrected chi connectivity index (χ2v) is 6.17. The van der Waals surface area contributed by atoms with Crippen molar-refractivity contribution in [3.8, 4) is 5.75 Å². The van der Waals surface area contributed by atoms with Crippen LogP contribution in [0, 0.1) is 0 Å². The summed E-state index contributed by atoms with van der Waals surface area (Å²) in [6.45, 7) is 3.69. The number of rotatable bonds is 3. The highest BCUT2D eigenvalue weighted by Gasteiger charge is 2.34. The highest BCUT2D eigenvalue weighted by Crippen LogP contribution is 2.36. The molecule has 1 heterocycles. The number of imide groups is 1. The Labute approximate surface area is 133 Å². The predicted octanol–water partition coefficient (Wildman–Crippen LogP) is 4.03. The van der Waals surface area contributed by atoms with Gasteiger partial charge in [0.15, 0.2) is 0 Å². The van der Waals surface area contributed by atoms with Gasteiger partial charge >= 0.3 is 0 Å². The van der Waals surface area contributed by atoms with E-state index in [1.807, 2.05) is 0 Å². The van der Waals surface area contributed by atoms with Crippen LogP contribution in [0.25, 0.3) is 6.08 Å². The van der Waals surface area contributed by atoms with E-state index in [0.29, 0.717) is 14.9 Å². The zero-order valence-electron chi connectivity index (χ0n) is 10.1. The number of thioether (sulfide) groups is 1. The van der Waals surface area contributed by atoms with Crippen molar-refractivity contribution >= 4 is 56.5 Å². The van der Waals surface area contributed by atoms with Crippen LogP contribution in [0.2, 0.25) is 5.02 Å². The molecule has 20 heavy (non-hydrogen) atoms. The Balaban J connectivity index is 2.35. The van der Waals surface area contributed by atoms with Crippen LogP contribution in [0.3, 0.4) is 0 Å². The van der Waals surface area contributed by atoms with Crippen LogP contribution < -0.4 is 0 Å². The lowest BCUT2D eigenvalue weighted by Crippen LogP contribution is -2.27. The van der Waals surface area contributed by atoms with E-state index in [1.54, 1.807) is 12.1 Å². The molecule has 1 aromatic rings. The van der Waals surface area contributed by atoms with E-state index in [9.17, 15) is 14.7 Å². The Morgan fingerprint density at radius 3 is 2.75 bits per heavy atom. The van der Waals surface area contributed by atoms with Gasteiger partial charge in [-0.2, -0.15) is 0 Å². The molecule has 1 aromatic carbocycles. The summed E-state index contributed by atoms with van der Waals surface area (Å²) < 4.78 is 0.418. The van der Waals surface area contributed by atoms with Crippen molar-refractivity contribution in [3.63, 3.8) is 0 Å². The van der Waals surface area contributed by atoms with Gasteiger partial charge in [-0.1, -0.05) is 17.7 Å². The predicted molar refractivity (Wildman–Crippen MR) is 83.7 cm³/mol. The van der Waals surface area contributed by atoms with Crippen LogP contribution in [0.15, 0.2) is 34.2 Å². The van der Waals surface area contributed by atoms with Gasteiger partial charge in [0.25, 0.3) is 11.1 Å². The fourth-order valence-corrected chi connectivity index (χ4v) is 3.27. The standard InChI is InChI=1S/C13H9BrClNO3S/c1-2-3-16-12(18)10(20-13(16)19)6-7-4-8(14)11(17)9(15)5-7/h2,4-6,17H,1,3H2. The van der Waals surface area contributed by atoms with E-state index in [0.717, 1.165) is 16.7 Å². The summed E-state index contributed by atoms with van der Waals surface area (Å²) >= 11 is 9.88. The van der Waals surface area contributed by atoms with Crippen molar-refractivity contribution < 1.29 is 14.7 Å². The van der Waals surface area contributed by atoms with Gasteiger partial charge in [-0.25, -0.2) is 0 Å². The third kappa shape index (κ3) is 2.92. The molecule has 0 aliphatic carbocycles. The summed E-state index contributed by atoms with van der Waals surface area (Å²) in [5.74, 6) is -0.427. The fraction of sp³-hybridized carbons (Fsp3) is 0.0769. The van der Waals surface area contributed by atoms with Crippen molar-refractivity contribution in [2.45, 2.75) is 0 Å². The minimum atomic E-state index is -0.361. The maximum atomic E-state index is 12.0. The molecule has 0 aromatic heterocycles. The number of aromatic hydroxyl groups is 1. The van der Waals surface area contributed by atoms with Gasteiger partial charge in [-0.05, 0) is 51.5 Å². The van der Waals surface area contributed by atoms with Gasteiger partial charge in [0, 0.05) is 6.54 Å². The highest BCUT2D eigenvalue weighted by molar-refractivity contribution is 9.10. The molecule has 0 bridgehead atoms. The van der Waals surface area contributed by atoms with Gasteiger partial charge in [0.05, 0.1) is 14.4 Å². The molecule has 0 atom stereocenters. The summed E-state index contributed by atoms with van der Waals surface area (Å²) in [5, 5.41) is 9.39. The van der Waals surface area contributed by atoms with E-state index >= 15 is 0 Å². The molecule has 0 radical (unpaired) electrons. The number of carbonyl (C=O) groups is 2. The Hall–Kier alpha value is -1.24. The Kier molecular flexibility index (Phi) is 4.57. The number of hydrogen-bond acceptors (Lipinski definition) is 4. The number of phenols is 1. The molecule has 0 unspecified atom stereocenters. The summed E-state index contributed by atoms with van der Waals surface area (Å²) in [7, 11) is 0. The Bertz CT molecular complexity index is 621. The summed E-state index contributed by atoms with van der Waals surface area (Å²) in [6.07, 6.45) is 3.05. The number of phenolic OH excluding ortho intramolecular Hbond substituents is 1. The van der Waals surface area contributed by atoms with Gasteiger partial charge in [0.1, 0.15) is 5.75 Å². The van der Waals surface area contributed by atoms with Crippen molar-refractivity contribution in [1.82, 2.24) is 4.90 Å². The molecule has 1 saturated heterocycles. The first-order chi connectivity index (χ1) is 9.43. The first-order valence-corrected chi connectivity index (χ1v) is 7.47. The average molecular weight is 375 g/mol. The number of benzene rings is 1. The second-order valence-electron chi connectivity index (χ2n) is 3.91. The largest absolute Gasteiger partial charge is 0.505 e. The third-order valence-electron chi connectivity index (χ3n) is 2.52.